The van der Waals surface area contributed by atoms with Crippen LogP contribution in [0.3, 0.4) is 0 Å². The van der Waals surface area contributed by atoms with Gasteiger partial charge >= 0.3 is 0 Å². The van der Waals surface area contributed by atoms with Crippen LogP contribution in [0.15, 0.2) is 72.8 Å². The summed E-state index contributed by atoms with van der Waals surface area (Å²) < 4.78 is 14.0. The Morgan fingerprint density at radius 3 is 2.11 bits per heavy atom. The zero-order chi connectivity index (χ0) is 19.9. The number of phenolic OH excluding ortho intramolecular Hbond substituents is 1. The van der Waals surface area contributed by atoms with Crippen LogP contribution in [-0.4, -0.2) is 16.3 Å². The summed E-state index contributed by atoms with van der Waals surface area (Å²) in [6.07, 6.45) is 6.78. The summed E-state index contributed by atoms with van der Waals surface area (Å²) in [7, 11) is 0. The van der Waals surface area contributed by atoms with Crippen molar-refractivity contribution in [1.29, 1.82) is 0 Å². The van der Waals surface area contributed by atoms with Crippen molar-refractivity contribution in [2.45, 2.75) is 32.3 Å². The molecule has 144 valence electrons. The van der Waals surface area contributed by atoms with Gasteiger partial charge in [-0.1, -0.05) is 60.7 Å². The number of hydrogen-bond donors (Lipinski definition) is 2. The topological polar surface area (TPSA) is 40.5 Å². The second-order valence-electron chi connectivity index (χ2n) is 7.05. The monoisotopic (exact) mass is 376 g/mol. The van der Waals surface area contributed by atoms with Gasteiger partial charge in [0.1, 0.15) is 11.6 Å². The smallest absolute Gasteiger partial charge is 0.134 e. The molecule has 3 aromatic rings. The second-order valence-corrected chi connectivity index (χ2v) is 7.05. The molecule has 2 nitrogen and oxygen atoms in total. The Kier molecular flexibility index (Phi) is 6.62. The summed E-state index contributed by atoms with van der Waals surface area (Å²) in [4.78, 5) is 0. The quantitative estimate of drug-likeness (QED) is 0.467. The number of halogens is 1. The lowest BCUT2D eigenvalue weighted by Gasteiger charge is -2.07. The van der Waals surface area contributed by atoms with Crippen LogP contribution >= 0.6 is 0 Å². The molecular weight excluding hydrogens is 351 g/mol. The van der Waals surface area contributed by atoms with E-state index in [4.69, 9.17) is 0 Å². The van der Waals surface area contributed by atoms with Crippen molar-refractivity contribution in [2.24, 2.45) is 0 Å². The highest BCUT2D eigenvalue weighted by atomic mass is 19.1. The zero-order valence-corrected chi connectivity index (χ0v) is 16.0. The van der Waals surface area contributed by atoms with Gasteiger partial charge in [-0.15, -0.1) is 0 Å². The molecule has 0 fully saturated rings. The predicted octanol–water partition coefficient (Wildman–Crippen LogP) is 6.43. The molecule has 3 rings (SSSR count). The standard InChI is InChI=1S/C25H25FO2/c1-18(27)5-3-2-4-6-19-7-9-20(10-8-19)21-11-13-22(14-12-21)24-16-15-23(28)17-25(24)26/h4,6-18,27-28H,2-3,5H2,1H3. The van der Waals surface area contributed by atoms with E-state index < -0.39 is 5.82 Å². The molecule has 1 atom stereocenters. The van der Waals surface area contributed by atoms with Crippen LogP contribution in [0.4, 0.5) is 4.39 Å². The first kappa shape index (κ1) is 19.8. The molecule has 0 aromatic heterocycles. The highest BCUT2D eigenvalue weighted by Gasteiger charge is 2.06. The molecular formula is C25H25FO2. The van der Waals surface area contributed by atoms with Gasteiger partial charge in [0.2, 0.25) is 0 Å². The van der Waals surface area contributed by atoms with E-state index in [0.717, 1.165) is 47.6 Å². The van der Waals surface area contributed by atoms with Crippen LogP contribution in [0.5, 0.6) is 5.75 Å². The third kappa shape index (κ3) is 5.30. The Bertz CT molecular complexity index is 926. The van der Waals surface area contributed by atoms with Gasteiger partial charge in [-0.25, -0.2) is 4.39 Å². The van der Waals surface area contributed by atoms with Crippen LogP contribution in [0.25, 0.3) is 28.3 Å². The minimum atomic E-state index is -0.433. The summed E-state index contributed by atoms with van der Waals surface area (Å²) in [5, 5.41) is 18.6. The minimum Gasteiger partial charge on any atom is -0.508 e. The number of hydrogen-bond acceptors (Lipinski definition) is 2. The highest BCUT2D eigenvalue weighted by molar-refractivity contribution is 5.71. The number of unbranched alkanes of at least 4 members (excludes halogenated alkanes) is 1. The van der Waals surface area contributed by atoms with Gasteiger partial charge in [0.05, 0.1) is 6.10 Å². The van der Waals surface area contributed by atoms with Crippen LogP contribution in [0, 0.1) is 5.82 Å². The molecule has 0 spiro atoms. The van der Waals surface area contributed by atoms with Crippen molar-refractivity contribution >= 4 is 6.08 Å². The molecule has 0 aliphatic heterocycles. The number of aliphatic hydroxyl groups excluding tert-OH is 1. The van der Waals surface area contributed by atoms with Gasteiger partial charge in [0, 0.05) is 11.6 Å². The van der Waals surface area contributed by atoms with Gasteiger partial charge in [-0.05, 0) is 60.6 Å². The first-order valence-electron chi connectivity index (χ1n) is 9.57. The summed E-state index contributed by atoms with van der Waals surface area (Å²) in [5.74, 6) is -0.507. The number of rotatable bonds is 7. The summed E-state index contributed by atoms with van der Waals surface area (Å²) in [6.45, 7) is 1.82. The first-order chi connectivity index (χ1) is 13.5. The normalized spacial score (nSPS) is 12.4. The fraction of sp³-hybridized carbons (Fsp3) is 0.200. The van der Waals surface area contributed by atoms with Gasteiger partial charge in [-0.3, -0.25) is 0 Å². The van der Waals surface area contributed by atoms with Crippen molar-refractivity contribution in [2.75, 3.05) is 0 Å². The van der Waals surface area contributed by atoms with Crippen LogP contribution in [-0.2, 0) is 0 Å². The van der Waals surface area contributed by atoms with Crippen molar-refractivity contribution in [3.63, 3.8) is 0 Å². The SMILES string of the molecule is CC(O)CCCC=Cc1ccc(-c2ccc(-c3ccc(O)cc3F)cc2)cc1. The lowest BCUT2D eigenvalue weighted by atomic mass is 9.99. The van der Waals surface area contributed by atoms with E-state index in [-0.39, 0.29) is 11.9 Å². The molecule has 28 heavy (non-hydrogen) atoms. The van der Waals surface area contributed by atoms with Gasteiger partial charge in [-0.2, -0.15) is 0 Å². The van der Waals surface area contributed by atoms with E-state index >= 15 is 0 Å². The second kappa shape index (κ2) is 9.34. The van der Waals surface area contributed by atoms with E-state index in [1.165, 1.54) is 6.07 Å². The van der Waals surface area contributed by atoms with E-state index in [0.29, 0.717) is 5.56 Å². The molecule has 0 radical (unpaired) electrons. The number of allylic oxidation sites excluding steroid dienone is 1. The number of aliphatic hydroxyl groups is 1. The lowest BCUT2D eigenvalue weighted by Crippen LogP contribution is -1.97. The van der Waals surface area contributed by atoms with Crippen LogP contribution < -0.4 is 0 Å². The maximum atomic E-state index is 14.0. The van der Waals surface area contributed by atoms with Crippen LogP contribution in [0.2, 0.25) is 0 Å². The van der Waals surface area contributed by atoms with Crippen LogP contribution in [0.1, 0.15) is 31.7 Å². The molecule has 0 aliphatic rings. The fourth-order valence-electron chi connectivity index (χ4n) is 3.12. The fourth-order valence-corrected chi connectivity index (χ4v) is 3.12. The Hall–Kier alpha value is -2.91. The van der Waals surface area contributed by atoms with Gasteiger partial charge in [0.25, 0.3) is 0 Å². The molecule has 3 aromatic carbocycles. The molecule has 1 unspecified atom stereocenters. The van der Waals surface area contributed by atoms with Gasteiger partial charge in [0.15, 0.2) is 0 Å². The number of phenols is 1. The maximum absolute atomic E-state index is 14.0. The Balaban J connectivity index is 1.66. The Morgan fingerprint density at radius 2 is 1.50 bits per heavy atom. The average Bonchev–Trinajstić information content (AvgIpc) is 2.68. The molecule has 0 aliphatic carbocycles. The summed E-state index contributed by atoms with van der Waals surface area (Å²) in [5.41, 5.74) is 4.56. The largest absolute Gasteiger partial charge is 0.508 e. The summed E-state index contributed by atoms with van der Waals surface area (Å²) in [6, 6.07) is 20.2. The molecule has 0 saturated heterocycles. The lowest BCUT2D eigenvalue weighted by molar-refractivity contribution is 0.182. The van der Waals surface area contributed by atoms with Crippen molar-refractivity contribution in [3.8, 4) is 28.0 Å². The maximum Gasteiger partial charge on any atom is 0.134 e. The Morgan fingerprint density at radius 1 is 0.893 bits per heavy atom. The average molecular weight is 376 g/mol. The molecule has 3 heteroatoms. The molecule has 2 N–H and O–H groups in total. The van der Waals surface area contributed by atoms with Crippen molar-refractivity contribution in [1.82, 2.24) is 0 Å². The predicted molar refractivity (Wildman–Crippen MR) is 114 cm³/mol. The van der Waals surface area contributed by atoms with E-state index in [1.807, 2.05) is 31.2 Å². The van der Waals surface area contributed by atoms with Crippen molar-refractivity contribution < 1.29 is 14.6 Å². The molecule has 0 bridgehead atoms. The number of aromatic hydroxyl groups is 1. The minimum absolute atomic E-state index is 0.0741. The molecule has 0 amide bonds. The third-order valence-corrected chi connectivity index (χ3v) is 4.70. The molecule has 0 heterocycles. The first-order valence-corrected chi connectivity index (χ1v) is 9.57. The van der Waals surface area contributed by atoms with Gasteiger partial charge < -0.3 is 10.2 Å². The van der Waals surface area contributed by atoms with E-state index in [2.05, 4.69) is 36.4 Å². The molecule has 0 saturated carbocycles. The Labute approximate surface area is 165 Å². The highest BCUT2D eigenvalue weighted by Crippen LogP contribution is 2.28. The number of benzene rings is 3. The zero-order valence-electron chi connectivity index (χ0n) is 16.0. The van der Waals surface area contributed by atoms with Crippen molar-refractivity contribution in [3.05, 3.63) is 84.2 Å². The van der Waals surface area contributed by atoms with E-state index in [1.54, 1.807) is 6.07 Å². The summed E-state index contributed by atoms with van der Waals surface area (Å²) >= 11 is 0. The van der Waals surface area contributed by atoms with E-state index in [9.17, 15) is 14.6 Å². The third-order valence-electron chi connectivity index (χ3n) is 4.70.